The fraction of sp³-hybridized carbons (Fsp3) is 0.350. The maximum atomic E-state index is 12.4. The van der Waals surface area contributed by atoms with Crippen LogP contribution in [0.3, 0.4) is 0 Å². The lowest BCUT2D eigenvalue weighted by atomic mass is 10.2. The number of carbonyl (C=O) groups excluding carboxylic acids is 1. The normalized spacial score (nSPS) is 14.5. The molecule has 0 aliphatic carbocycles. The summed E-state index contributed by atoms with van der Waals surface area (Å²) in [6.07, 6.45) is 1.07. The van der Waals surface area contributed by atoms with E-state index in [-0.39, 0.29) is 12.5 Å². The van der Waals surface area contributed by atoms with Gasteiger partial charge in [0, 0.05) is 30.3 Å². The van der Waals surface area contributed by atoms with Crippen LogP contribution in [-0.4, -0.2) is 53.4 Å². The van der Waals surface area contributed by atoms with Crippen molar-refractivity contribution in [2.24, 2.45) is 0 Å². The smallest absolute Gasteiger partial charge is 0.241 e. The number of anilines is 2. The summed E-state index contributed by atoms with van der Waals surface area (Å²) in [6, 6.07) is 14.3. The summed E-state index contributed by atoms with van der Waals surface area (Å²) < 4.78 is 30.6. The second-order valence-electron chi connectivity index (χ2n) is 6.79. The van der Waals surface area contributed by atoms with Crippen LogP contribution in [0.2, 0.25) is 5.02 Å². The molecule has 2 aromatic carbocycles. The highest BCUT2D eigenvalue weighted by molar-refractivity contribution is 7.92. The summed E-state index contributed by atoms with van der Waals surface area (Å²) in [5.74, 6) is -0.386. The molecule has 0 radical (unpaired) electrons. The van der Waals surface area contributed by atoms with Crippen molar-refractivity contribution in [3.63, 3.8) is 0 Å². The number of carbonyl (C=O) groups is 1. The number of amides is 1. The summed E-state index contributed by atoms with van der Waals surface area (Å²) in [4.78, 5) is 14.6. The molecule has 1 aliphatic rings. The molecule has 9 heteroatoms. The van der Waals surface area contributed by atoms with Crippen LogP contribution in [0, 0.1) is 0 Å². The van der Waals surface area contributed by atoms with Gasteiger partial charge in [-0.05, 0) is 42.0 Å². The van der Waals surface area contributed by atoms with E-state index in [2.05, 4.69) is 10.2 Å². The first kappa shape index (κ1) is 21.4. The Bertz CT molecular complexity index is 927. The zero-order valence-corrected chi connectivity index (χ0v) is 17.7. The quantitative estimate of drug-likeness (QED) is 0.718. The monoisotopic (exact) mass is 437 g/mol. The Labute approximate surface area is 176 Å². The highest BCUT2D eigenvalue weighted by Crippen LogP contribution is 2.20. The van der Waals surface area contributed by atoms with Crippen molar-refractivity contribution in [3.8, 4) is 0 Å². The van der Waals surface area contributed by atoms with Gasteiger partial charge in [0.05, 0.1) is 25.2 Å². The topological polar surface area (TPSA) is 79.0 Å². The summed E-state index contributed by atoms with van der Waals surface area (Å²) in [7, 11) is -3.61. The lowest BCUT2D eigenvalue weighted by Gasteiger charge is -2.29. The summed E-state index contributed by atoms with van der Waals surface area (Å²) in [6.45, 7) is 3.20. The maximum absolute atomic E-state index is 12.4. The number of nitrogens with zero attached hydrogens (tertiary/aromatic N) is 2. The van der Waals surface area contributed by atoms with Gasteiger partial charge in [-0.1, -0.05) is 23.7 Å². The SMILES string of the molecule is CS(=O)(=O)N(CC(=O)NCc1ccc(N2CCOCC2)cc1)c1ccc(Cl)cc1. The number of nitrogens with one attached hydrogen (secondary N) is 1. The van der Waals surface area contributed by atoms with Gasteiger partial charge in [-0.2, -0.15) is 0 Å². The van der Waals surface area contributed by atoms with Gasteiger partial charge >= 0.3 is 0 Å². The Morgan fingerprint density at radius 1 is 1.10 bits per heavy atom. The molecule has 0 aromatic heterocycles. The Morgan fingerprint density at radius 2 is 1.72 bits per heavy atom. The highest BCUT2D eigenvalue weighted by Gasteiger charge is 2.20. The molecular weight excluding hydrogens is 414 g/mol. The number of morpholine rings is 1. The third-order valence-corrected chi connectivity index (χ3v) is 6.00. The first-order valence-corrected chi connectivity index (χ1v) is 11.5. The lowest BCUT2D eigenvalue weighted by Crippen LogP contribution is -2.40. The molecule has 3 rings (SSSR count). The number of halogens is 1. The molecule has 1 aliphatic heterocycles. The minimum absolute atomic E-state index is 0.299. The lowest BCUT2D eigenvalue weighted by molar-refractivity contribution is -0.119. The number of ether oxygens (including phenoxy) is 1. The Balaban J connectivity index is 1.58. The molecule has 156 valence electrons. The van der Waals surface area contributed by atoms with Gasteiger partial charge in [0.1, 0.15) is 6.54 Å². The van der Waals surface area contributed by atoms with E-state index in [9.17, 15) is 13.2 Å². The molecule has 1 saturated heterocycles. The second-order valence-corrected chi connectivity index (χ2v) is 9.13. The number of rotatable bonds is 7. The molecule has 2 aromatic rings. The Morgan fingerprint density at radius 3 is 2.31 bits per heavy atom. The standard InChI is InChI=1S/C20H24ClN3O4S/c1-29(26,27)24(19-8-4-17(21)5-9-19)15-20(25)22-14-16-2-6-18(7-3-16)23-10-12-28-13-11-23/h2-9H,10-15H2,1H3,(H,22,25). The van der Waals surface area contributed by atoms with E-state index in [4.69, 9.17) is 16.3 Å². The number of benzene rings is 2. The van der Waals surface area contributed by atoms with Crippen molar-refractivity contribution in [2.75, 3.05) is 48.3 Å². The first-order valence-electron chi connectivity index (χ1n) is 9.24. The fourth-order valence-corrected chi connectivity index (χ4v) is 4.02. The molecule has 0 spiro atoms. The Hall–Kier alpha value is -2.29. The van der Waals surface area contributed by atoms with Crippen molar-refractivity contribution >= 4 is 38.9 Å². The third-order valence-electron chi connectivity index (χ3n) is 4.60. The molecule has 0 bridgehead atoms. The van der Waals surface area contributed by atoms with E-state index in [1.54, 1.807) is 24.3 Å². The predicted molar refractivity (Wildman–Crippen MR) is 115 cm³/mol. The van der Waals surface area contributed by atoms with Crippen LogP contribution in [0.5, 0.6) is 0 Å². The molecule has 29 heavy (non-hydrogen) atoms. The van der Waals surface area contributed by atoms with Crippen molar-refractivity contribution < 1.29 is 17.9 Å². The van der Waals surface area contributed by atoms with E-state index in [0.29, 0.717) is 17.3 Å². The zero-order chi connectivity index (χ0) is 20.9. The van der Waals surface area contributed by atoms with Crippen LogP contribution < -0.4 is 14.5 Å². The van der Waals surface area contributed by atoms with E-state index in [1.165, 1.54) is 0 Å². The number of hydrogen-bond donors (Lipinski definition) is 1. The van der Waals surface area contributed by atoms with Gasteiger partial charge in [-0.15, -0.1) is 0 Å². The molecule has 1 N–H and O–H groups in total. The van der Waals surface area contributed by atoms with Crippen LogP contribution in [0.4, 0.5) is 11.4 Å². The van der Waals surface area contributed by atoms with Crippen LogP contribution >= 0.6 is 11.6 Å². The van der Waals surface area contributed by atoms with E-state index < -0.39 is 10.0 Å². The van der Waals surface area contributed by atoms with Gasteiger partial charge in [-0.3, -0.25) is 9.10 Å². The minimum atomic E-state index is -3.61. The first-order chi connectivity index (χ1) is 13.8. The van der Waals surface area contributed by atoms with Crippen molar-refractivity contribution in [3.05, 3.63) is 59.1 Å². The summed E-state index contributed by atoms with van der Waals surface area (Å²) in [5.41, 5.74) is 2.45. The summed E-state index contributed by atoms with van der Waals surface area (Å²) in [5, 5.41) is 3.27. The molecule has 0 atom stereocenters. The molecule has 1 heterocycles. The molecule has 1 amide bonds. The van der Waals surface area contributed by atoms with Gasteiger partial charge in [0.15, 0.2) is 0 Å². The third kappa shape index (κ3) is 6.09. The number of sulfonamides is 1. The summed E-state index contributed by atoms with van der Waals surface area (Å²) >= 11 is 5.86. The van der Waals surface area contributed by atoms with Crippen molar-refractivity contribution in [1.82, 2.24) is 5.32 Å². The maximum Gasteiger partial charge on any atom is 0.241 e. The van der Waals surface area contributed by atoms with Crippen LogP contribution in [-0.2, 0) is 26.1 Å². The van der Waals surface area contributed by atoms with Crippen molar-refractivity contribution in [1.29, 1.82) is 0 Å². The molecule has 0 unspecified atom stereocenters. The molecular formula is C20H24ClN3O4S. The molecule has 7 nitrogen and oxygen atoms in total. The Kier molecular flexibility index (Phi) is 7.00. The second kappa shape index (κ2) is 9.47. The minimum Gasteiger partial charge on any atom is -0.378 e. The van der Waals surface area contributed by atoms with E-state index >= 15 is 0 Å². The predicted octanol–water partition coefficient (Wildman–Crippen LogP) is 2.26. The zero-order valence-electron chi connectivity index (χ0n) is 16.2. The van der Waals surface area contributed by atoms with E-state index in [1.807, 2.05) is 24.3 Å². The van der Waals surface area contributed by atoms with Gasteiger partial charge in [-0.25, -0.2) is 8.42 Å². The average Bonchev–Trinajstić information content (AvgIpc) is 2.71. The van der Waals surface area contributed by atoms with Crippen LogP contribution in [0.1, 0.15) is 5.56 Å². The molecule has 1 fully saturated rings. The largest absolute Gasteiger partial charge is 0.378 e. The van der Waals surface area contributed by atoms with Gasteiger partial charge in [0.25, 0.3) is 0 Å². The number of hydrogen-bond acceptors (Lipinski definition) is 5. The van der Waals surface area contributed by atoms with Crippen LogP contribution in [0.25, 0.3) is 0 Å². The highest BCUT2D eigenvalue weighted by atomic mass is 35.5. The van der Waals surface area contributed by atoms with Gasteiger partial charge in [0.2, 0.25) is 15.9 Å². The average molecular weight is 438 g/mol. The van der Waals surface area contributed by atoms with Gasteiger partial charge < -0.3 is 15.0 Å². The fourth-order valence-electron chi connectivity index (χ4n) is 3.04. The molecule has 0 saturated carbocycles. The van der Waals surface area contributed by atoms with E-state index in [0.717, 1.165) is 48.1 Å². The van der Waals surface area contributed by atoms with Crippen molar-refractivity contribution in [2.45, 2.75) is 6.54 Å². The van der Waals surface area contributed by atoms with Crippen LogP contribution in [0.15, 0.2) is 48.5 Å².